The maximum absolute atomic E-state index is 11.5. The monoisotopic (exact) mass is 250 g/mol. The summed E-state index contributed by atoms with van der Waals surface area (Å²) in [5.41, 5.74) is 1.07. The minimum Gasteiger partial charge on any atom is -0.508 e. The Morgan fingerprint density at radius 2 is 2.17 bits per heavy atom. The summed E-state index contributed by atoms with van der Waals surface area (Å²) in [4.78, 5) is 11.5. The zero-order valence-electron chi connectivity index (χ0n) is 10.2. The largest absolute Gasteiger partial charge is 0.508 e. The lowest BCUT2D eigenvalue weighted by molar-refractivity contribution is 0.0908. The lowest BCUT2D eigenvalue weighted by Gasteiger charge is -2.12. The molecular formula is C13H18N2O3. The number of carbonyl (C=O) groups is 1. The van der Waals surface area contributed by atoms with E-state index in [0.717, 1.165) is 31.4 Å². The Hall–Kier alpha value is -1.75. The summed E-state index contributed by atoms with van der Waals surface area (Å²) in [6, 6.07) is 6.77. The van der Waals surface area contributed by atoms with Crippen LogP contribution in [0.25, 0.3) is 0 Å². The van der Waals surface area contributed by atoms with E-state index in [-0.39, 0.29) is 18.0 Å². The molecule has 0 aromatic heterocycles. The molecule has 0 saturated carbocycles. The molecule has 5 nitrogen and oxygen atoms in total. The van der Waals surface area contributed by atoms with E-state index in [2.05, 4.69) is 10.6 Å². The van der Waals surface area contributed by atoms with Crippen molar-refractivity contribution in [3.8, 4) is 5.75 Å². The average molecular weight is 250 g/mol. The second-order valence-electron chi connectivity index (χ2n) is 4.32. The number of phenols is 1. The molecule has 1 atom stereocenters. The van der Waals surface area contributed by atoms with Gasteiger partial charge in [-0.25, -0.2) is 4.79 Å². The summed E-state index contributed by atoms with van der Waals surface area (Å²) in [6.07, 6.45) is 2.47. The van der Waals surface area contributed by atoms with Gasteiger partial charge in [-0.2, -0.15) is 0 Å². The Morgan fingerprint density at radius 1 is 1.39 bits per heavy atom. The van der Waals surface area contributed by atoms with Gasteiger partial charge in [-0.15, -0.1) is 0 Å². The summed E-state index contributed by atoms with van der Waals surface area (Å²) in [7, 11) is 0. The molecule has 2 rings (SSSR count). The molecule has 1 unspecified atom stereocenters. The molecule has 5 heteroatoms. The number of carbonyl (C=O) groups excluding carboxylic acids is 1. The van der Waals surface area contributed by atoms with Crippen molar-refractivity contribution in [3.05, 3.63) is 29.8 Å². The fraction of sp³-hybridized carbons (Fsp3) is 0.462. The number of nitrogens with one attached hydrogen (secondary N) is 2. The van der Waals surface area contributed by atoms with Crippen LogP contribution in [0.1, 0.15) is 18.4 Å². The molecular weight excluding hydrogens is 232 g/mol. The molecule has 98 valence electrons. The molecule has 0 spiro atoms. The minimum absolute atomic E-state index is 0.140. The molecule has 1 saturated heterocycles. The van der Waals surface area contributed by atoms with Crippen LogP contribution in [0.5, 0.6) is 5.75 Å². The van der Waals surface area contributed by atoms with Gasteiger partial charge in [-0.05, 0) is 37.0 Å². The average Bonchev–Trinajstić information content (AvgIpc) is 2.84. The van der Waals surface area contributed by atoms with Gasteiger partial charge in [0, 0.05) is 13.2 Å². The lowest BCUT2D eigenvalue weighted by Crippen LogP contribution is -2.42. The number of amides is 2. The molecule has 1 aliphatic rings. The smallest absolute Gasteiger partial charge is 0.316 e. The van der Waals surface area contributed by atoms with Crippen molar-refractivity contribution in [1.29, 1.82) is 0 Å². The molecule has 0 aliphatic carbocycles. The maximum atomic E-state index is 11.5. The number of aromatic hydroxyl groups is 1. The van der Waals surface area contributed by atoms with Crippen molar-refractivity contribution in [1.82, 2.24) is 10.6 Å². The zero-order chi connectivity index (χ0) is 12.8. The van der Waals surface area contributed by atoms with Crippen molar-refractivity contribution in [2.45, 2.75) is 25.5 Å². The SMILES string of the molecule is O=C(NCCc1ccc(O)cc1)NC1CCCO1. The summed E-state index contributed by atoms with van der Waals surface area (Å²) in [6.45, 7) is 1.28. The first kappa shape index (κ1) is 12.7. The Bertz CT molecular complexity index is 386. The number of benzene rings is 1. The van der Waals surface area contributed by atoms with E-state index in [9.17, 15) is 4.79 Å². The fourth-order valence-electron chi connectivity index (χ4n) is 1.87. The highest BCUT2D eigenvalue weighted by Crippen LogP contribution is 2.10. The highest BCUT2D eigenvalue weighted by atomic mass is 16.5. The number of ether oxygens (including phenoxy) is 1. The van der Waals surface area contributed by atoms with Gasteiger partial charge in [0.2, 0.25) is 0 Å². The van der Waals surface area contributed by atoms with Crippen LogP contribution in [0.3, 0.4) is 0 Å². The van der Waals surface area contributed by atoms with Crippen LogP contribution in [-0.4, -0.2) is 30.5 Å². The molecule has 1 fully saturated rings. The molecule has 1 aromatic carbocycles. The van der Waals surface area contributed by atoms with Gasteiger partial charge in [0.15, 0.2) is 0 Å². The highest BCUT2D eigenvalue weighted by Gasteiger charge is 2.16. The van der Waals surface area contributed by atoms with E-state index in [1.807, 2.05) is 12.1 Å². The van der Waals surface area contributed by atoms with Gasteiger partial charge in [0.05, 0.1) is 0 Å². The Morgan fingerprint density at radius 3 is 2.83 bits per heavy atom. The van der Waals surface area contributed by atoms with Crippen LogP contribution < -0.4 is 10.6 Å². The molecule has 1 aromatic rings. The third-order valence-electron chi connectivity index (χ3n) is 2.86. The van der Waals surface area contributed by atoms with Crippen molar-refractivity contribution < 1.29 is 14.6 Å². The molecule has 1 aliphatic heterocycles. The van der Waals surface area contributed by atoms with Crippen molar-refractivity contribution in [2.75, 3.05) is 13.2 Å². The first-order valence-electron chi connectivity index (χ1n) is 6.18. The highest BCUT2D eigenvalue weighted by molar-refractivity contribution is 5.74. The number of hydrogen-bond acceptors (Lipinski definition) is 3. The third kappa shape index (κ3) is 3.92. The number of rotatable bonds is 4. The van der Waals surface area contributed by atoms with Crippen molar-refractivity contribution in [2.24, 2.45) is 0 Å². The molecule has 0 bridgehead atoms. The topological polar surface area (TPSA) is 70.6 Å². The first-order chi connectivity index (χ1) is 8.74. The number of phenolic OH excluding ortho intramolecular Hbond substituents is 1. The second kappa shape index (κ2) is 6.26. The number of hydrogen-bond donors (Lipinski definition) is 3. The summed E-state index contributed by atoms with van der Waals surface area (Å²) in [5.74, 6) is 0.253. The van der Waals surface area contributed by atoms with Gasteiger partial charge in [0.25, 0.3) is 0 Å². The quantitative estimate of drug-likeness (QED) is 0.756. The van der Waals surface area contributed by atoms with Crippen LogP contribution in [0.15, 0.2) is 24.3 Å². The van der Waals surface area contributed by atoms with E-state index in [1.165, 1.54) is 0 Å². The predicted octanol–water partition coefficient (Wildman–Crippen LogP) is 1.37. The normalized spacial score (nSPS) is 18.6. The van der Waals surface area contributed by atoms with Gasteiger partial charge >= 0.3 is 6.03 Å². The van der Waals surface area contributed by atoms with Crippen LogP contribution >= 0.6 is 0 Å². The van der Waals surface area contributed by atoms with Gasteiger partial charge in [-0.3, -0.25) is 0 Å². The molecule has 3 N–H and O–H groups in total. The van der Waals surface area contributed by atoms with E-state index in [4.69, 9.17) is 9.84 Å². The van der Waals surface area contributed by atoms with Crippen LogP contribution in [-0.2, 0) is 11.2 Å². The van der Waals surface area contributed by atoms with Crippen LogP contribution in [0, 0.1) is 0 Å². The van der Waals surface area contributed by atoms with Crippen LogP contribution in [0.4, 0.5) is 4.79 Å². The summed E-state index contributed by atoms with van der Waals surface area (Å²) >= 11 is 0. The number of urea groups is 1. The molecule has 18 heavy (non-hydrogen) atoms. The maximum Gasteiger partial charge on any atom is 0.316 e. The van der Waals surface area contributed by atoms with E-state index in [0.29, 0.717) is 6.54 Å². The summed E-state index contributed by atoms with van der Waals surface area (Å²) in [5, 5.41) is 14.7. The standard InChI is InChI=1S/C13H18N2O3/c16-11-5-3-10(4-6-11)7-8-14-13(17)15-12-2-1-9-18-12/h3-6,12,16H,1-2,7-9H2,(H2,14,15,17). The first-order valence-corrected chi connectivity index (χ1v) is 6.18. The zero-order valence-corrected chi connectivity index (χ0v) is 10.2. The lowest BCUT2D eigenvalue weighted by atomic mass is 10.1. The second-order valence-corrected chi connectivity index (χ2v) is 4.32. The molecule has 1 heterocycles. The van der Waals surface area contributed by atoms with E-state index < -0.39 is 0 Å². The molecule has 0 radical (unpaired) electrons. The third-order valence-corrected chi connectivity index (χ3v) is 2.86. The Labute approximate surface area is 106 Å². The van der Waals surface area contributed by atoms with E-state index in [1.54, 1.807) is 12.1 Å². The van der Waals surface area contributed by atoms with Gasteiger partial charge in [-0.1, -0.05) is 12.1 Å². The van der Waals surface area contributed by atoms with Crippen molar-refractivity contribution in [3.63, 3.8) is 0 Å². The van der Waals surface area contributed by atoms with Gasteiger partial charge < -0.3 is 20.5 Å². The van der Waals surface area contributed by atoms with Crippen LogP contribution in [0.2, 0.25) is 0 Å². The fourth-order valence-corrected chi connectivity index (χ4v) is 1.87. The predicted molar refractivity (Wildman–Crippen MR) is 67.3 cm³/mol. The van der Waals surface area contributed by atoms with E-state index >= 15 is 0 Å². The molecule has 2 amide bonds. The van der Waals surface area contributed by atoms with Crippen molar-refractivity contribution >= 4 is 6.03 Å². The Kier molecular flexibility index (Phi) is 4.41. The van der Waals surface area contributed by atoms with Gasteiger partial charge in [0.1, 0.15) is 12.0 Å². The summed E-state index contributed by atoms with van der Waals surface area (Å²) < 4.78 is 5.30. The Balaban J connectivity index is 1.65. The minimum atomic E-state index is -0.194.